The second-order valence-corrected chi connectivity index (χ2v) is 7.22. The second-order valence-electron chi connectivity index (χ2n) is 4.73. The molecular formula is C12H17N2O3S. The number of nitrogens with zero attached hydrogens (tertiary/aromatic N) is 2. The highest BCUT2D eigenvalue weighted by Crippen LogP contribution is 2.61. The maximum absolute atomic E-state index is 10.1. The summed E-state index contributed by atoms with van der Waals surface area (Å²) >= 11 is 0. The number of rotatable bonds is 1. The largest absolute Gasteiger partial charge is 0.356 e. The summed E-state index contributed by atoms with van der Waals surface area (Å²) in [6.07, 6.45) is 2.95. The van der Waals surface area contributed by atoms with Crippen molar-refractivity contribution >= 4 is 16.4 Å². The molecule has 18 heavy (non-hydrogen) atoms. The third kappa shape index (κ3) is 1.89. The van der Waals surface area contributed by atoms with Gasteiger partial charge in [0.25, 0.3) is 0 Å². The highest BCUT2D eigenvalue weighted by Gasteiger charge is 2.50. The molecule has 2 saturated heterocycles. The Kier molecular flexibility index (Phi) is 2.97. The van der Waals surface area contributed by atoms with Crippen molar-refractivity contribution < 1.29 is 13.8 Å². The van der Waals surface area contributed by atoms with E-state index in [2.05, 4.69) is 16.0 Å². The minimum atomic E-state index is -2.59. The predicted octanol–water partition coefficient (Wildman–Crippen LogP) is 1.96. The monoisotopic (exact) mass is 269 g/mol. The maximum Gasteiger partial charge on any atom is 0.159 e. The van der Waals surface area contributed by atoms with E-state index in [1.807, 2.05) is 12.1 Å². The first kappa shape index (κ1) is 12.2. The molecule has 0 atom stereocenters. The van der Waals surface area contributed by atoms with Gasteiger partial charge in [-0.1, -0.05) is 0 Å². The molecule has 0 bridgehead atoms. The zero-order chi connectivity index (χ0) is 12.6. The van der Waals surface area contributed by atoms with Crippen molar-refractivity contribution in [2.45, 2.75) is 17.8 Å². The van der Waals surface area contributed by atoms with Crippen molar-refractivity contribution in [2.24, 2.45) is 0 Å². The number of hydrogen-bond acceptors (Lipinski definition) is 5. The SMILES string of the molecule is OS1(O)CCOC12CCN(c1cc[c]cn1)CC2. The van der Waals surface area contributed by atoms with E-state index in [1.54, 1.807) is 6.20 Å². The first-order chi connectivity index (χ1) is 8.63. The number of hydrogen-bond donors (Lipinski definition) is 2. The van der Waals surface area contributed by atoms with Gasteiger partial charge in [-0.3, -0.25) is 9.11 Å². The Morgan fingerprint density at radius 3 is 2.72 bits per heavy atom. The van der Waals surface area contributed by atoms with Crippen molar-refractivity contribution in [3.63, 3.8) is 0 Å². The fourth-order valence-corrected chi connectivity index (χ4v) is 4.47. The molecule has 5 nitrogen and oxygen atoms in total. The van der Waals surface area contributed by atoms with Crippen molar-refractivity contribution in [1.29, 1.82) is 0 Å². The van der Waals surface area contributed by atoms with E-state index >= 15 is 0 Å². The zero-order valence-electron chi connectivity index (χ0n) is 10.1. The van der Waals surface area contributed by atoms with Crippen LogP contribution >= 0.6 is 10.6 Å². The molecule has 3 heterocycles. The number of ether oxygens (including phenoxy) is 1. The van der Waals surface area contributed by atoms with Crippen LogP contribution in [0.25, 0.3) is 0 Å². The van der Waals surface area contributed by atoms with Crippen LogP contribution in [0.3, 0.4) is 0 Å². The van der Waals surface area contributed by atoms with Gasteiger partial charge in [-0.2, -0.15) is 10.6 Å². The molecule has 2 fully saturated rings. The lowest BCUT2D eigenvalue weighted by molar-refractivity contribution is 0.0238. The van der Waals surface area contributed by atoms with E-state index in [0.717, 1.165) is 18.9 Å². The predicted molar refractivity (Wildman–Crippen MR) is 70.9 cm³/mol. The van der Waals surface area contributed by atoms with Gasteiger partial charge in [-0.25, -0.2) is 4.98 Å². The van der Waals surface area contributed by atoms with Crippen LogP contribution in [0.2, 0.25) is 0 Å². The summed E-state index contributed by atoms with van der Waals surface area (Å²) in [5.41, 5.74) is 0. The van der Waals surface area contributed by atoms with Crippen molar-refractivity contribution in [3.05, 3.63) is 24.4 Å². The topological polar surface area (TPSA) is 65.8 Å². The molecule has 1 aromatic heterocycles. The van der Waals surface area contributed by atoms with Crippen molar-refractivity contribution in [2.75, 3.05) is 30.3 Å². The van der Waals surface area contributed by atoms with Gasteiger partial charge < -0.3 is 9.64 Å². The third-order valence-electron chi connectivity index (χ3n) is 3.78. The van der Waals surface area contributed by atoms with Gasteiger partial charge in [0.2, 0.25) is 0 Å². The quantitative estimate of drug-likeness (QED) is 0.816. The molecule has 1 aromatic rings. The summed E-state index contributed by atoms with van der Waals surface area (Å²) in [6, 6.07) is 6.66. The standard InChI is InChI=1S/C12H17N2O3S/c15-18(16)10-9-17-12(18)4-7-14(8-5-12)11-3-1-2-6-13-11/h1,3,6,15-16H,4-5,7-10H2. The van der Waals surface area contributed by atoms with E-state index in [1.165, 1.54) is 0 Å². The Morgan fingerprint density at radius 2 is 2.17 bits per heavy atom. The fourth-order valence-electron chi connectivity index (χ4n) is 2.67. The van der Waals surface area contributed by atoms with Crippen molar-refractivity contribution in [3.8, 4) is 0 Å². The molecule has 3 rings (SSSR count). The minimum Gasteiger partial charge on any atom is -0.356 e. The Hall–Kier alpha value is -0.820. The van der Waals surface area contributed by atoms with E-state index in [0.29, 0.717) is 25.2 Å². The average Bonchev–Trinajstić information content (AvgIpc) is 2.67. The number of anilines is 1. The van der Waals surface area contributed by atoms with Gasteiger partial charge in [0.1, 0.15) is 5.82 Å². The Labute approximate surface area is 108 Å². The second kappa shape index (κ2) is 4.38. The van der Waals surface area contributed by atoms with Crippen LogP contribution in [0.1, 0.15) is 12.8 Å². The highest BCUT2D eigenvalue weighted by atomic mass is 32.3. The molecule has 1 radical (unpaired) electrons. The van der Waals surface area contributed by atoms with E-state index in [9.17, 15) is 9.11 Å². The molecule has 1 spiro atoms. The summed E-state index contributed by atoms with van der Waals surface area (Å²) in [4.78, 5) is 5.71. The minimum absolute atomic E-state index is 0.381. The van der Waals surface area contributed by atoms with Crippen LogP contribution in [-0.4, -0.2) is 44.5 Å². The summed E-state index contributed by atoms with van der Waals surface area (Å²) < 4.78 is 25.9. The lowest BCUT2D eigenvalue weighted by Gasteiger charge is -2.48. The molecule has 0 aromatic carbocycles. The van der Waals surface area contributed by atoms with E-state index in [-0.39, 0.29) is 0 Å². The molecule has 2 N–H and O–H groups in total. The van der Waals surface area contributed by atoms with Crippen LogP contribution in [0.4, 0.5) is 5.82 Å². The Bertz CT molecular complexity index is 419. The Balaban J connectivity index is 1.72. The number of aromatic nitrogens is 1. The lowest BCUT2D eigenvalue weighted by Crippen LogP contribution is -2.46. The summed E-state index contributed by atoms with van der Waals surface area (Å²) in [6.45, 7) is 1.95. The van der Waals surface area contributed by atoms with Gasteiger partial charge >= 0.3 is 0 Å². The first-order valence-corrected chi connectivity index (χ1v) is 7.81. The van der Waals surface area contributed by atoms with Gasteiger partial charge in [0.15, 0.2) is 4.93 Å². The van der Waals surface area contributed by atoms with Crippen LogP contribution in [0, 0.1) is 6.07 Å². The Morgan fingerprint density at radius 1 is 1.39 bits per heavy atom. The van der Waals surface area contributed by atoms with Crippen LogP contribution in [0.15, 0.2) is 18.3 Å². The zero-order valence-corrected chi connectivity index (χ0v) is 10.9. The third-order valence-corrected chi connectivity index (χ3v) is 6.23. The maximum atomic E-state index is 10.1. The molecule has 0 saturated carbocycles. The van der Waals surface area contributed by atoms with Crippen LogP contribution < -0.4 is 4.90 Å². The molecule has 0 unspecified atom stereocenters. The summed E-state index contributed by atoms with van der Waals surface area (Å²) in [5, 5.41) is 0. The molecule has 2 aliphatic heterocycles. The van der Waals surface area contributed by atoms with Crippen molar-refractivity contribution in [1.82, 2.24) is 4.98 Å². The van der Waals surface area contributed by atoms with E-state index in [4.69, 9.17) is 4.74 Å². The number of piperidine rings is 1. The molecule has 0 aliphatic carbocycles. The first-order valence-electron chi connectivity index (χ1n) is 6.10. The van der Waals surface area contributed by atoms with Gasteiger partial charge in [0.05, 0.1) is 12.4 Å². The number of pyridine rings is 1. The molecule has 2 aliphatic rings. The summed E-state index contributed by atoms with van der Waals surface area (Å²) in [5.74, 6) is 1.30. The van der Waals surface area contributed by atoms with Gasteiger partial charge in [0, 0.05) is 38.2 Å². The molecule has 99 valence electrons. The van der Waals surface area contributed by atoms with Crippen LogP contribution in [-0.2, 0) is 4.74 Å². The molecule has 0 amide bonds. The normalized spacial score (nSPS) is 27.3. The molecular weight excluding hydrogens is 252 g/mol. The van der Waals surface area contributed by atoms with E-state index < -0.39 is 15.5 Å². The molecule has 6 heteroatoms. The van der Waals surface area contributed by atoms with Gasteiger partial charge in [-0.05, 0) is 12.1 Å². The summed E-state index contributed by atoms with van der Waals surface area (Å²) in [7, 11) is -2.59. The fraction of sp³-hybridized carbons (Fsp3) is 0.583. The average molecular weight is 269 g/mol. The lowest BCUT2D eigenvalue weighted by atomic mass is 10.1. The van der Waals surface area contributed by atoms with Crippen LogP contribution in [0.5, 0.6) is 0 Å². The van der Waals surface area contributed by atoms with Gasteiger partial charge in [-0.15, -0.1) is 0 Å². The highest BCUT2D eigenvalue weighted by molar-refractivity contribution is 8.25. The smallest absolute Gasteiger partial charge is 0.159 e.